The summed E-state index contributed by atoms with van der Waals surface area (Å²) in [7, 11) is -4.95. The van der Waals surface area contributed by atoms with Gasteiger partial charge in [-0.15, -0.1) is 23.9 Å². The van der Waals surface area contributed by atoms with Crippen LogP contribution in [0.4, 0.5) is 40.3 Å². The molecule has 340 valence electrons. The molecule has 0 bridgehead atoms. The van der Waals surface area contributed by atoms with Crippen LogP contribution in [0.5, 0.6) is 5.75 Å². The van der Waals surface area contributed by atoms with Crippen molar-refractivity contribution in [3.63, 3.8) is 0 Å². The number of carboxylic acid groups (broad SMARTS) is 1. The Labute approximate surface area is 378 Å². The Hall–Kier alpha value is -6.61. The molecule has 25 nitrogen and oxygen atoms in total. The lowest BCUT2D eigenvalue weighted by Crippen LogP contribution is -2.34. The molecule has 0 aliphatic rings. The van der Waals surface area contributed by atoms with Gasteiger partial charge < -0.3 is 35.8 Å². The number of aryl methyl sites for hydroxylation is 1. The molecule has 4 aromatic carbocycles. The Kier molecular flexibility index (Phi) is 17.0. The third-order valence-corrected chi connectivity index (χ3v) is 10.8. The van der Waals surface area contributed by atoms with Gasteiger partial charge in [-0.3, -0.25) is 14.1 Å². The fourth-order valence-corrected chi connectivity index (χ4v) is 7.43. The third kappa shape index (κ3) is 13.2. The Morgan fingerprint density at radius 1 is 0.877 bits per heavy atom. The second kappa shape index (κ2) is 22.3. The third-order valence-electron chi connectivity index (χ3n) is 8.01. The molecule has 6 rings (SSSR count). The first-order valence-electron chi connectivity index (χ1n) is 17.5. The Bertz CT molecular complexity index is 2880. The monoisotopic (exact) mass is 974 g/mol. The molecule has 0 atom stereocenters. The zero-order valence-corrected chi connectivity index (χ0v) is 36.2. The van der Waals surface area contributed by atoms with Crippen molar-refractivity contribution < 1.29 is 81.1 Å². The lowest BCUT2D eigenvalue weighted by atomic mass is 10.0. The van der Waals surface area contributed by atoms with Crippen molar-refractivity contribution in [2.75, 3.05) is 21.7 Å². The molecule has 0 aliphatic carbocycles. The molecule has 10 N–H and O–H groups in total. The molecule has 29 heteroatoms. The van der Waals surface area contributed by atoms with Crippen molar-refractivity contribution in [1.82, 2.24) is 15.0 Å². The average molecular weight is 975 g/mol. The Balaban J connectivity index is 0.00000793. The summed E-state index contributed by atoms with van der Waals surface area (Å²) in [5.41, 5.74) is 0.554. The van der Waals surface area contributed by atoms with Crippen molar-refractivity contribution in [3.05, 3.63) is 96.3 Å². The largest absolute Gasteiger partial charge is 0.505 e. The number of carboxylic acids is 1. The van der Waals surface area contributed by atoms with Gasteiger partial charge in [0.25, 0.3) is 10.1 Å². The number of nitrogens with zero attached hydrogens (tertiary/aromatic N) is 6. The van der Waals surface area contributed by atoms with Crippen LogP contribution in [0.25, 0.3) is 16.7 Å². The number of pyridine rings is 1. The van der Waals surface area contributed by atoms with Crippen molar-refractivity contribution in [1.29, 1.82) is 0 Å². The van der Waals surface area contributed by atoms with E-state index in [-0.39, 0.29) is 62.0 Å². The number of phenolic OH excluding ortho intramolecular Hbond substituents is 1. The molecular formula is C36H32N9O16S4+. The van der Waals surface area contributed by atoms with E-state index in [1.54, 1.807) is 43.3 Å². The van der Waals surface area contributed by atoms with Gasteiger partial charge in [0.2, 0.25) is 5.91 Å². The van der Waals surface area contributed by atoms with E-state index in [1.807, 2.05) is 0 Å². The van der Waals surface area contributed by atoms with Crippen LogP contribution in [0.15, 0.2) is 110 Å². The molecule has 0 spiro atoms. The van der Waals surface area contributed by atoms with E-state index in [4.69, 9.17) is 14.7 Å². The zero-order chi connectivity index (χ0) is 46.0. The molecule has 2 aromatic heterocycles. The maximum absolute atomic E-state index is 12.5. The highest BCUT2D eigenvalue weighted by Crippen LogP contribution is 2.47. The minimum atomic E-state index is -4.95. The van der Waals surface area contributed by atoms with E-state index >= 15 is 0 Å². The van der Waals surface area contributed by atoms with Gasteiger partial charge >= 0.3 is 29.8 Å². The number of anilines is 5. The lowest BCUT2D eigenvalue weighted by molar-refractivity contribution is -0.603. The number of hydrogen-bond donors (Lipinski definition) is 8. The van der Waals surface area contributed by atoms with Crippen LogP contribution < -0.4 is 20.5 Å². The number of fused-ring (bicyclic) bond motifs is 1. The van der Waals surface area contributed by atoms with Crippen LogP contribution in [0, 0.1) is 6.92 Å². The first kappa shape index (κ1) is 49.4. The SMILES string of the molecule is CC(=O)Nc1cc(C)cc2cc(SOOO)c(N=Nc3cc(Nc4nc(Nc5ccc(SOC(=O)CSOOO)cc5)nc(-[n+]5cccc(C(=O)O)c5)n4)ccc3S(=O)(=O)O)c(O)c12.O. The van der Waals surface area contributed by atoms with Gasteiger partial charge in [0.1, 0.15) is 22.0 Å². The van der Waals surface area contributed by atoms with Gasteiger partial charge in [-0.1, -0.05) is 16.1 Å². The second-order valence-corrected chi connectivity index (χ2v) is 16.2. The second-order valence-electron chi connectivity index (χ2n) is 12.6. The molecule has 0 aliphatic heterocycles. The molecule has 0 saturated heterocycles. The van der Waals surface area contributed by atoms with Gasteiger partial charge in [-0.2, -0.15) is 8.42 Å². The fraction of sp³-hybridized carbons (Fsp3) is 0.0833. The molecule has 0 radical (unpaired) electrons. The van der Waals surface area contributed by atoms with Crippen molar-refractivity contribution >= 4 is 115 Å². The predicted octanol–water partition coefficient (Wildman–Crippen LogP) is 6.34. The Morgan fingerprint density at radius 2 is 1.57 bits per heavy atom. The number of phenols is 1. The van der Waals surface area contributed by atoms with Crippen LogP contribution in [0.3, 0.4) is 0 Å². The quantitative estimate of drug-likeness (QED) is 0.00834. The summed E-state index contributed by atoms with van der Waals surface area (Å²) < 4.78 is 50.3. The Morgan fingerprint density at radius 3 is 2.23 bits per heavy atom. The molecule has 2 heterocycles. The van der Waals surface area contributed by atoms with Crippen LogP contribution in [-0.2, 0) is 42.6 Å². The minimum Gasteiger partial charge on any atom is -0.505 e. The first-order valence-corrected chi connectivity index (χ1v) is 21.3. The predicted molar refractivity (Wildman–Crippen MR) is 230 cm³/mol. The van der Waals surface area contributed by atoms with Gasteiger partial charge in [0.05, 0.1) is 52.6 Å². The normalized spacial score (nSPS) is 11.3. The first-order chi connectivity index (χ1) is 30.6. The molecule has 65 heavy (non-hydrogen) atoms. The molecule has 0 fully saturated rings. The summed E-state index contributed by atoms with van der Waals surface area (Å²) in [6.45, 7) is 3.02. The number of carbonyl (C=O) groups excluding carboxylic acids is 2. The number of azo groups is 1. The zero-order valence-electron chi connectivity index (χ0n) is 32.9. The number of amides is 1. The number of aromatic hydroxyl groups is 1. The van der Waals surface area contributed by atoms with Crippen molar-refractivity contribution in [3.8, 4) is 11.7 Å². The summed E-state index contributed by atoms with van der Waals surface area (Å²) in [4.78, 5) is 48.7. The highest BCUT2D eigenvalue weighted by atomic mass is 32.2. The summed E-state index contributed by atoms with van der Waals surface area (Å²) in [5.74, 6) is -3.46. The number of carbonyl (C=O) groups is 3. The van der Waals surface area contributed by atoms with E-state index in [9.17, 15) is 37.6 Å². The summed E-state index contributed by atoms with van der Waals surface area (Å²) >= 11 is 1.68. The van der Waals surface area contributed by atoms with Gasteiger partial charge in [0.15, 0.2) is 5.75 Å². The minimum absolute atomic E-state index is 0. The number of rotatable bonds is 19. The van der Waals surface area contributed by atoms with E-state index in [1.165, 1.54) is 48.1 Å². The van der Waals surface area contributed by atoms with Gasteiger partial charge in [-0.05, 0) is 94.6 Å². The van der Waals surface area contributed by atoms with Crippen LogP contribution in [-0.4, -0.2) is 77.7 Å². The number of aromatic carboxylic acids is 1. The summed E-state index contributed by atoms with van der Waals surface area (Å²) in [6.07, 6.45) is 2.74. The molecular weight excluding hydrogens is 943 g/mol. The molecule has 6 aromatic rings. The molecule has 0 saturated carbocycles. The number of hydrogen-bond acceptors (Lipinski definition) is 23. The molecule has 0 unspecified atom stereocenters. The summed E-state index contributed by atoms with van der Waals surface area (Å²) in [5, 5.41) is 62.5. The van der Waals surface area contributed by atoms with Crippen molar-refractivity contribution in [2.45, 2.75) is 28.5 Å². The van der Waals surface area contributed by atoms with Crippen molar-refractivity contribution in [2.24, 2.45) is 10.2 Å². The van der Waals surface area contributed by atoms with E-state index in [2.05, 4.69) is 59.9 Å². The molecule has 1 amide bonds. The fourth-order valence-electron chi connectivity index (χ4n) is 5.52. The maximum Gasteiger partial charge on any atom is 0.444 e. The average Bonchev–Trinajstić information content (AvgIpc) is 3.24. The van der Waals surface area contributed by atoms with E-state index in [0.717, 1.165) is 24.2 Å². The number of benzene rings is 4. The maximum atomic E-state index is 12.5. The highest BCUT2D eigenvalue weighted by molar-refractivity contribution is 7.96. The van der Waals surface area contributed by atoms with E-state index in [0.29, 0.717) is 45.6 Å². The van der Waals surface area contributed by atoms with E-state index < -0.39 is 44.3 Å². The smallest absolute Gasteiger partial charge is 0.444 e. The topological polar surface area (TPSA) is 368 Å². The number of nitrogens with one attached hydrogen (secondary N) is 3. The van der Waals surface area contributed by atoms with Crippen LogP contribution in [0.2, 0.25) is 0 Å². The van der Waals surface area contributed by atoms with Gasteiger partial charge in [0, 0.05) is 40.6 Å². The van der Waals surface area contributed by atoms with Crippen LogP contribution >= 0.6 is 36.1 Å². The highest BCUT2D eigenvalue weighted by Gasteiger charge is 2.23. The standard InChI is InChI=1S/C36H29N9O15S4.H2O/c1-18-12-21-14-27(63-60-58-52)31(32(48)30(21)26(13-18)37-19(2)46)44-43-25-15-23(7-10-28(25)64(53,54)55)39-35-40-34(41-36(42-35)45-11-3-4-20(16-45)33(49)50)38-22-5-8-24(9-6-22)62-56-29(47)17-61-59-57-51;/h3-16H,17H2,1-2H3,(H7-,37,38,39,40,41,42,46,48,49,50,51,52,53,54,55);1H2/p+1. The van der Waals surface area contributed by atoms with Crippen LogP contribution in [0.1, 0.15) is 22.8 Å². The number of aromatic nitrogens is 4. The summed E-state index contributed by atoms with van der Waals surface area (Å²) in [6, 6.07) is 17.4. The van der Waals surface area contributed by atoms with Gasteiger partial charge in [-0.25, -0.2) is 19.9 Å². The lowest BCUT2D eigenvalue weighted by Gasteiger charge is -2.14.